The van der Waals surface area contributed by atoms with Gasteiger partial charge in [-0.15, -0.1) is 0 Å². The van der Waals surface area contributed by atoms with Gasteiger partial charge in [0.2, 0.25) is 0 Å². The van der Waals surface area contributed by atoms with E-state index in [1.807, 2.05) is 71.6 Å². The number of fused-ring (bicyclic) bond motifs is 3. The van der Waals surface area contributed by atoms with Gasteiger partial charge in [-0.2, -0.15) is 0 Å². The molecule has 0 spiro atoms. The fourth-order valence-electron chi connectivity index (χ4n) is 5.00. The molecule has 1 amide bonds. The van der Waals surface area contributed by atoms with Crippen molar-refractivity contribution >= 4 is 11.6 Å². The number of hydrogen-bond acceptors (Lipinski definition) is 4. The number of hydrogen-bond donors (Lipinski definition) is 2. The molecule has 2 aliphatic heterocycles. The lowest BCUT2D eigenvalue weighted by molar-refractivity contribution is 0.0701. The Hall–Kier alpha value is -3.75. The Bertz CT molecular complexity index is 1230. The highest BCUT2D eigenvalue weighted by atomic mass is 16.5. The molecule has 0 radical (unpaired) electrons. The SMILES string of the molecule is COc1ccccc1C#Cc1ccc2c(c1)[C@@H]1[C@@H](CCN1C(=O)c1ccccc1)[C@@H](CO)N2. The summed E-state index contributed by atoms with van der Waals surface area (Å²) in [4.78, 5) is 15.3. The van der Waals surface area contributed by atoms with E-state index in [0.717, 1.165) is 34.5 Å². The largest absolute Gasteiger partial charge is 0.495 e. The summed E-state index contributed by atoms with van der Waals surface area (Å²) in [5, 5.41) is 13.5. The number of amides is 1. The zero-order chi connectivity index (χ0) is 22.8. The molecule has 5 nitrogen and oxygen atoms in total. The quantitative estimate of drug-likeness (QED) is 0.605. The number of methoxy groups -OCH3 is 1. The molecule has 1 fully saturated rings. The van der Waals surface area contributed by atoms with Gasteiger partial charge in [-0.1, -0.05) is 42.2 Å². The summed E-state index contributed by atoms with van der Waals surface area (Å²) >= 11 is 0. The van der Waals surface area contributed by atoms with Crippen molar-refractivity contribution in [1.29, 1.82) is 0 Å². The third-order valence-corrected chi connectivity index (χ3v) is 6.60. The van der Waals surface area contributed by atoms with Gasteiger partial charge in [-0.05, 0) is 54.4 Å². The third-order valence-electron chi connectivity index (χ3n) is 6.60. The van der Waals surface area contributed by atoms with Crippen molar-refractivity contribution in [2.24, 2.45) is 5.92 Å². The number of aliphatic hydroxyl groups excluding tert-OH is 1. The van der Waals surface area contributed by atoms with Gasteiger partial charge >= 0.3 is 0 Å². The Labute approximate surface area is 194 Å². The fraction of sp³-hybridized carbons (Fsp3) is 0.250. The van der Waals surface area contributed by atoms with E-state index in [0.29, 0.717) is 12.1 Å². The second kappa shape index (κ2) is 9.01. The second-order valence-electron chi connectivity index (χ2n) is 8.45. The van der Waals surface area contributed by atoms with Crippen LogP contribution in [0.15, 0.2) is 72.8 Å². The highest BCUT2D eigenvalue weighted by Gasteiger charge is 2.45. The van der Waals surface area contributed by atoms with E-state index in [1.54, 1.807) is 7.11 Å². The van der Waals surface area contributed by atoms with E-state index in [-0.39, 0.29) is 30.5 Å². The van der Waals surface area contributed by atoms with Crippen LogP contribution in [0.5, 0.6) is 5.75 Å². The first kappa shape index (κ1) is 21.1. The number of likely N-dealkylation sites (tertiary alicyclic amines) is 1. The number of aliphatic hydroxyl groups is 1. The molecular weight excluding hydrogens is 412 g/mol. The van der Waals surface area contributed by atoms with E-state index in [4.69, 9.17) is 4.74 Å². The van der Waals surface area contributed by atoms with Gasteiger partial charge in [-0.3, -0.25) is 4.79 Å². The molecule has 2 heterocycles. The van der Waals surface area contributed by atoms with Crippen LogP contribution < -0.4 is 10.1 Å². The van der Waals surface area contributed by atoms with Gasteiger partial charge in [0.05, 0.1) is 31.4 Å². The van der Waals surface area contributed by atoms with E-state index >= 15 is 0 Å². The van der Waals surface area contributed by atoms with Crippen LogP contribution in [0.2, 0.25) is 0 Å². The van der Waals surface area contributed by atoms with Crippen molar-refractivity contribution < 1.29 is 14.6 Å². The fourth-order valence-corrected chi connectivity index (χ4v) is 5.00. The summed E-state index contributed by atoms with van der Waals surface area (Å²) in [7, 11) is 1.64. The maximum Gasteiger partial charge on any atom is 0.254 e. The molecule has 166 valence electrons. The number of rotatable bonds is 3. The van der Waals surface area contributed by atoms with Crippen LogP contribution in [0, 0.1) is 17.8 Å². The number of anilines is 1. The first-order valence-electron chi connectivity index (χ1n) is 11.2. The van der Waals surface area contributed by atoms with Gasteiger partial charge in [-0.25, -0.2) is 0 Å². The Kier molecular flexibility index (Phi) is 5.77. The number of carbonyl (C=O) groups excluding carboxylic acids is 1. The first-order chi connectivity index (χ1) is 16.2. The summed E-state index contributed by atoms with van der Waals surface area (Å²) < 4.78 is 5.41. The summed E-state index contributed by atoms with van der Waals surface area (Å²) in [6.07, 6.45) is 0.845. The van der Waals surface area contributed by atoms with E-state index in [1.165, 1.54) is 0 Å². The summed E-state index contributed by atoms with van der Waals surface area (Å²) in [5.74, 6) is 7.38. The predicted octanol–water partition coefficient (Wildman–Crippen LogP) is 4.08. The molecule has 1 saturated heterocycles. The Morgan fingerprint density at radius 3 is 2.67 bits per heavy atom. The van der Waals surface area contributed by atoms with Crippen molar-refractivity contribution in [2.45, 2.75) is 18.5 Å². The zero-order valence-corrected chi connectivity index (χ0v) is 18.5. The Morgan fingerprint density at radius 2 is 1.88 bits per heavy atom. The van der Waals surface area contributed by atoms with Crippen LogP contribution in [0.1, 0.15) is 39.5 Å². The number of para-hydroxylation sites is 1. The highest BCUT2D eigenvalue weighted by Crippen LogP contribution is 2.47. The molecule has 2 aliphatic rings. The second-order valence-corrected chi connectivity index (χ2v) is 8.45. The van der Waals surface area contributed by atoms with Crippen molar-refractivity contribution in [3.05, 3.63) is 95.1 Å². The molecule has 33 heavy (non-hydrogen) atoms. The minimum absolute atomic E-state index is 0.0261. The molecule has 5 heteroatoms. The first-order valence-corrected chi connectivity index (χ1v) is 11.2. The molecule has 3 aromatic rings. The normalized spacial score (nSPS) is 20.7. The molecule has 0 saturated carbocycles. The summed E-state index contributed by atoms with van der Waals surface area (Å²) in [5.41, 5.74) is 4.40. The number of nitrogens with zero attached hydrogens (tertiary/aromatic N) is 1. The van der Waals surface area contributed by atoms with Gasteiger partial charge in [0.15, 0.2) is 0 Å². The van der Waals surface area contributed by atoms with Gasteiger partial charge in [0.1, 0.15) is 5.75 Å². The van der Waals surface area contributed by atoms with Gasteiger partial charge in [0.25, 0.3) is 5.91 Å². The number of benzene rings is 3. The molecule has 0 aromatic heterocycles. The van der Waals surface area contributed by atoms with Crippen LogP contribution in [-0.2, 0) is 0 Å². The van der Waals surface area contributed by atoms with E-state index in [2.05, 4.69) is 23.2 Å². The predicted molar refractivity (Wildman–Crippen MR) is 128 cm³/mol. The molecule has 5 rings (SSSR count). The molecule has 3 aromatic carbocycles. The molecule has 0 unspecified atom stereocenters. The Balaban J connectivity index is 1.52. The lowest BCUT2D eigenvalue weighted by atomic mass is 9.82. The highest BCUT2D eigenvalue weighted by molar-refractivity contribution is 5.95. The number of ether oxygens (including phenoxy) is 1. The van der Waals surface area contributed by atoms with Crippen molar-refractivity contribution in [3.8, 4) is 17.6 Å². The monoisotopic (exact) mass is 438 g/mol. The van der Waals surface area contributed by atoms with Crippen molar-refractivity contribution in [2.75, 3.05) is 25.6 Å². The lowest BCUT2D eigenvalue weighted by Gasteiger charge is -2.39. The van der Waals surface area contributed by atoms with Gasteiger partial charge in [0, 0.05) is 29.3 Å². The maximum atomic E-state index is 13.4. The average Bonchev–Trinajstić information content (AvgIpc) is 3.33. The topological polar surface area (TPSA) is 61.8 Å². The molecule has 3 atom stereocenters. The molecule has 0 bridgehead atoms. The minimum Gasteiger partial charge on any atom is -0.495 e. The van der Waals surface area contributed by atoms with Crippen LogP contribution in [0.4, 0.5) is 5.69 Å². The van der Waals surface area contributed by atoms with Crippen LogP contribution in [0.3, 0.4) is 0 Å². The van der Waals surface area contributed by atoms with Crippen molar-refractivity contribution in [1.82, 2.24) is 4.90 Å². The molecule has 2 N–H and O–H groups in total. The molecule has 0 aliphatic carbocycles. The van der Waals surface area contributed by atoms with Crippen LogP contribution in [-0.4, -0.2) is 42.2 Å². The van der Waals surface area contributed by atoms with E-state index < -0.39 is 0 Å². The zero-order valence-electron chi connectivity index (χ0n) is 18.5. The maximum absolute atomic E-state index is 13.4. The standard InChI is InChI=1S/C28H26N2O3/c1-33-26-10-6-5-7-20(26)13-11-19-12-14-24-23(17-19)27-22(25(18-31)29-24)15-16-30(27)28(32)21-8-3-2-4-9-21/h2-10,12,14,17,22,25,27,29,31H,15-16,18H2,1H3/t22-,25+,27-/m0/s1. The minimum atomic E-state index is -0.0980. The van der Waals surface area contributed by atoms with Gasteiger partial charge < -0.3 is 20.1 Å². The smallest absolute Gasteiger partial charge is 0.254 e. The summed E-state index contributed by atoms with van der Waals surface area (Å²) in [6.45, 7) is 0.696. The van der Waals surface area contributed by atoms with Crippen LogP contribution >= 0.6 is 0 Å². The molecular formula is C28H26N2O3. The average molecular weight is 439 g/mol. The Morgan fingerprint density at radius 1 is 1.09 bits per heavy atom. The number of carbonyl (C=O) groups is 1. The lowest BCUT2D eigenvalue weighted by Crippen LogP contribution is -2.42. The number of nitrogens with one attached hydrogen (secondary N) is 1. The van der Waals surface area contributed by atoms with Crippen molar-refractivity contribution in [3.63, 3.8) is 0 Å². The summed E-state index contributed by atoms with van der Waals surface area (Å²) in [6, 6.07) is 23.0. The third kappa shape index (κ3) is 3.94. The van der Waals surface area contributed by atoms with Crippen LogP contribution in [0.25, 0.3) is 0 Å². The van der Waals surface area contributed by atoms with E-state index in [9.17, 15) is 9.90 Å².